The zero-order chi connectivity index (χ0) is 43.9. The maximum atomic E-state index is 14.1. The van der Waals surface area contributed by atoms with Gasteiger partial charge in [0.15, 0.2) is 23.7 Å². The van der Waals surface area contributed by atoms with E-state index in [1.165, 1.54) is 47.7 Å². The number of aliphatic hydroxyl groups excluding tert-OH is 1. The second-order valence-corrected chi connectivity index (χ2v) is 18.2. The van der Waals surface area contributed by atoms with Crippen LogP contribution in [-0.4, -0.2) is 137 Å². The molecule has 4 fully saturated rings. The zero-order valence-electron chi connectivity index (χ0n) is 33.9. The van der Waals surface area contributed by atoms with Crippen LogP contribution in [0.1, 0.15) is 94.5 Å². The predicted molar refractivity (Wildman–Crippen MR) is 213 cm³/mol. The molecule has 7 N–H and O–H groups in total. The molecular formula is C43H48N2O16S. The summed E-state index contributed by atoms with van der Waals surface area (Å²) in [6, 6.07) is 5.54. The first-order chi connectivity index (χ1) is 29.6. The number of aromatic nitrogens is 1. The Morgan fingerprint density at radius 1 is 1.00 bits per heavy atom. The Kier molecular flexibility index (Phi) is 11.1. The van der Waals surface area contributed by atoms with Crippen LogP contribution in [0, 0.1) is 11.8 Å². The van der Waals surface area contributed by atoms with E-state index >= 15 is 0 Å². The number of nitrogens with zero attached hydrogens (tertiary/aromatic N) is 2. The summed E-state index contributed by atoms with van der Waals surface area (Å²) in [5, 5.41) is 76.7. The summed E-state index contributed by atoms with van der Waals surface area (Å²) in [6.07, 6.45) is -2.65. The second-order valence-electron chi connectivity index (χ2n) is 17.0. The number of Topliss-reactive ketones (excluding diaryl/α,β-unsaturated/α-hetero) is 1. The Morgan fingerprint density at radius 2 is 1.74 bits per heavy atom. The number of aliphatic carboxylic acids is 1. The lowest BCUT2D eigenvalue weighted by Gasteiger charge is -2.43. The molecule has 0 radical (unpaired) electrons. The summed E-state index contributed by atoms with van der Waals surface area (Å²) in [5.41, 5.74) is -4.39. The third-order valence-corrected chi connectivity index (χ3v) is 14.7. The number of carbonyl (C=O) groups is 4. The van der Waals surface area contributed by atoms with Crippen LogP contribution in [-0.2, 0) is 41.5 Å². The van der Waals surface area contributed by atoms with Crippen molar-refractivity contribution in [2.24, 2.45) is 11.8 Å². The number of ether oxygens (including phenoxy) is 5. The molecule has 3 saturated heterocycles. The highest BCUT2D eigenvalue weighted by Crippen LogP contribution is 2.53. The van der Waals surface area contributed by atoms with Crippen molar-refractivity contribution < 1.29 is 78.6 Å². The number of aromatic hydroxyl groups is 4. The van der Waals surface area contributed by atoms with Gasteiger partial charge in [-0.25, -0.2) is 0 Å². The number of carboxylic acids is 1. The van der Waals surface area contributed by atoms with Crippen molar-refractivity contribution >= 4 is 35.1 Å². The van der Waals surface area contributed by atoms with Gasteiger partial charge in [0.2, 0.25) is 11.7 Å². The molecule has 3 aromatic rings. The lowest BCUT2D eigenvalue weighted by molar-refractivity contribution is -0.247. The highest BCUT2D eigenvalue weighted by molar-refractivity contribution is 8.00. The maximum Gasteiger partial charge on any atom is 0.306 e. The number of phenolic OH excluding ortho intramolecular Hbond substituents is 2. The molecule has 3 aliphatic carbocycles. The number of phenols is 2. The first-order valence-electron chi connectivity index (χ1n) is 20.7. The van der Waals surface area contributed by atoms with Crippen LogP contribution in [0.3, 0.4) is 0 Å². The number of rotatable bonds is 10. The Labute approximate surface area is 358 Å². The van der Waals surface area contributed by atoms with Gasteiger partial charge in [-0.1, -0.05) is 23.9 Å². The van der Waals surface area contributed by atoms with Crippen molar-refractivity contribution in [2.45, 2.75) is 111 Å². The fourth-order valence-corrected chi connectivity index (χ4v) is 11.5. The van der Waals surface area contributed by atoms with E-state index in [1.54, 1.807) is 6.92 Å². The first-order valence-corrected chi connectivity index (χ1v) is 21.6. The molecule has 9 rings (SSSR count). The van der Waals surface area contributed by atoms with Crippen molar-refractivity contribution in [1.29, 1.82) is 0 Å². The average molecular weight is 881 g/mol. The zero-order valence-corrected chi connectivity index (χ0v) is 34.7. The number of thioether (sulfide) groups is 1. The van der Waals surface area contributed by atoms with Crippen LogP contribution < -0.4 is 4.74 Å². The smallest absolute Gasteiger partial charge is 0.306 e. The van der Waals surface area contributed by atoms with Gasteiger partial charge in [-0.05, 0) is 44.6 Å². The van der Waals surface area contributed by atoms with E-state index in [9.17, 15) is 54.9 Å². The molecule has 1 saturated carbocycles. The SMILES string of the molecule is COc1cccc2c1C(=O)c1c(O)c3c(c(O)c1C2=O)C[C@@](O)(C(=O)CO)C[C@@H]3O[C@H]1C[C@H]2[C@H](O[C@@H]3C(Sc4cc(O)n(CC5CCC(C(=O)O)CC5)c4O)OCCN32)[C@H](C)O1. The monoisotopic (exact) mass is 880 g/mol. The molecule has 2 aromatic carbocycles. The molecule has 1 unspecified atom stereocenters. The lowest BCUT2D eigenvalue weighted by atomic mass is 9.72. The topological polar surface area (TPSA) is 264 Å². The molecule has 18 nitrogen and oxygen atoms in total. The molecule has 19 heteroatoms. The van der Waals surface area contributed by atoms with Crippen molar-refractivity contribution in [1.82, 2.24) is 9.47 Å². The molecule has 4 heterocycles. The summed E-state index contributed by atoms with van der Waals surface area (Å²) in [6.45, 7) is 1.83. The highest BCUT2D eigenvalue weighted by Gasteiger charge is 2.55. The Bertz CT molecular complexity index is 2340. The molecule has 8 atom stereocenters. The maximum absolute atomic E-state index is 14.1. The molecular weight excluding hydrogens is 833 g/mol. The summed E-state index contributed by atoms with van der Waals surface area (Å²) >= 11 is 1.19. The number of fused-ring (bicyclic) bond motifs is 6. The van der Waals surface area contributed by atoms with Crippen molar-refractivity contribution in [3.8, 4) is 29.0 Å². The highest BCUT2D eigenvalue weighted by atomic mass is 32.2. The quantitative estimate of drug-likeness (QED) is 0.113. The molecule has 0 spiro atoms. The first kappa shape index (κ1) is 42.6. The minimum atomic E-state index is -2.30. The molecule has 0 bridgehead atoms. The molecule has 3 aliphatic heterocycles. The number of aliphatic hydroxyl groups is 2. The average Bonchev–Trinajstić information content (AvgIpc) is 3.76. The predicted octanol–water partition coefficient (Wildman–Crippen LogP) is 2.96. The summed E-state index contributed by atoms with van der Waals surface area (Å²) in [7, 11) is 1.33. The van der Waals surface area contributed by atoms with Gasteiger partial charge in [-0.15, -0.1) is 0 Å². The summed E-state index contributed by atoms with van der Waals surface area (Å²) < 4.78 is 32.4. The van der Waals surface area contributed by atoms with Crippen molar-refractivity contribution in [3.05, 3.63) is 57.6 Å². The number of carboxylic acid groups (broad SMARTS) is 1. The van der Waals surface area contributed by atoms with Gasteiger partial charge in [0.1, 0.15) is 47.2 Å². The van der Waals surface area contributed by atoms with Crippen LogP contribution in [0.4, 0.5) is 0 Å². The van der Waals surface area contributed by atoms with E-state index in [-0.39, 0.29) is 64.1 Å². The third-order valence-electron chi connectivity index (χ3n) is 13.5. The van der Waals surface area contributed by atoms with Crippen LogP contribution in [0.25, 0.3) is 0 Å². The van der Waals surface area contributed by atoms with E-state index in [0.29, 0.717) is 50.3 Å². The van der Waals surface area contributed by atoms with Gasteiger partial charge < -0.3 is 59.4 Å². The second kappa shape index (κ2) is 16.1. The van der Waals surface area contributed by atoms with Gasteiger partial charge in [-0.2, -0.15) is 0 Å². The molecule has 62 heavy (non-hydrogen) atoms. The van der Waals surface area contributed by atoms with Crippen molar-refractivity contribution in [3.63, 3.8) is 0 Å². The normalized spacial score (nSPS) is 31.7. The largest absolute Gasteiger partial charge is 0.507 e. The third kappa shape index (κ3) is 6.93. The van der Waals surface area contributed by atoms with Gasteiger partial charge in [0, 0.05) is 61.2 Å². The van der Waals surface area contributed by atoms with E-state index in [2.05, 4.69) is 4.90 Å². The number of morpholine rings is 1. The fraction of sp³-hybridized carbons (Fsp3) is 0.535. The van der Waals surface area contributed by atoms with Crippen LogP contribution in [0.5, 0.6) is 29.0 Å². The standard InChI is InChI=1S/C43H48N2O16S/c1-18-38-23(44-10-11-58-42(40(44)61-38)62-26-13-28(48)45(39(26)53)16-19-6-8-20(9-7-19)41(54)55)12-29(59-18)60-25-15-43(56,27(47)17-46)14-22-31(25)37(52)33-32(35(22)50)34(49)21-4-3-5-24(57-2)30(21)36(33)51/h3-5,13,18-20,23,25,29,38,40,42,46,48,50,52-53,56H,6-12,14-17H2,1-2H3,(H,54,55)/t18-,19?,20?,23-,25-,29-,38+,40+,42?,43-/m0/s1. The number of hydrogen-bond donors (Lipinski definition) is 7. The molecule has 332 valence electrons. The lowest BCUT2D eigenvalue weighted by Crippen LogP contribution is -2.54. The summed E-state index contributed by atoms with van der Waals surface area (Å²) in [5.74, 6) is -5.20. The van der Waals surface area contributed by atoms with E-state index < -0.39 is 107 Å². The minimum absolute atomic E-state index is 0.0663. The number of carbonyl (C=O) groups excluding carboxylic acids is 3. The van der Waals surface area contributed by atoms with Gasteiger partial charge in [0.25, 0.3) is 0 Å². The molecule has 0 amide bonds. The van der Waals surface area contributed by atoms with Gasteiger partial charge >= 0.3 is 5.97 Å². The van der Waals surface area contributed by atoms with E-state index in [1.807, 2.05) is 0 Å². The van der Waals surface area contributed by atoms with Gasteiger partial charge in [-0.3, -0.25) is 28.6 Å². The number of hydrogen-bond acceptors (Lipinski definition) is 17. The van der Waals surface area contributed by atoms with Gasteiger partial charge in [0.05, 0.1) is 53.4 Å². The number of benzene rings is 2. The van der Waals surface area contributed by atoms with E-state index in [0.717, 1.165) is 0 Å². The van der Waals surface area contributed by atoms with Crippen molar-refractivity contribution in [2.75, 3.05) is 26.9 Å². The van der Waals surface area contributed by atoms with E-state index in [4.69, 9.17) is 23.7 Å². The minimum Gasteiger partial charge on any atom is -0.507 e. The van der Waals surface area contributed by atoms with Crippen LogP contribution in [0.2, 0.25) is 0 Å². The fourth-order valence-electron chi connectivity index (χ4n) is 10.3. The Morgan fingerprint density at radius 3 is 2.45 bits per heavy atom. The molecule has 6 aliphatic rings. The number of ketones is 3. The summed E-state index contributed by atoms with van der Waals surface area (Å²) in [4.78, 5) is 55.0. The van der Waals surface area contributed by atoms with Crippen LogP contribution >= 0.6 is 11.8 Å². The van der Waals surface area contributed by atoms with Crippen LogP contribution in [0.15, 0.2) is 29.2 Å². The molecule has 1 aromatic heterocycles. The number of methoxy groups -OCH3 is 1. The Hall–Kier alpha value is -4.73. The Balaban J connectivity index is 0.964.